The first-order valence-corrected chi connectivity index (χ1v) is 6.43. The molecule has 0 bridgehead atoms. The van der Waals surface area contributed by atoms with Gasteiger partial charge in [0, 0.05) is 13.3 Å². The third-order valence-corrected chi connectivity index (χ3v) is 2.97. The molecule has 0 atom stereocenters. The van der Waals surface area contributed by atoms with Crippen LogP contribution in [0.25, 0.3) is 0 Å². The molecule has 0 unspecified atom stereocenters. The first-order valence-electron chi connectivity index (χ1n) is 5.26. The van der Waals surface area contributed by atoms with Crippen LogP contribution in [0.3, 0.4) is 0 Å². The molecule has 1 heterocycles. The van der Waals surface area contributed by atoms with Crippen LogP contribution in [0.5, 0.6) is 11.6 Å². The fourth-order valence-corrected chi connectivity index (χ4v) is 2.17. The van der Waals surface area contributed by atoms with E-state index in [9.17, 15) is 0 Å². The van der Waals surface area contributed by atoms with Gasteiger partial charge in [0.25, 0.3) is 0 Å². The third kappa shape index (κ3) is 3.45. The summed E-state index contributed by atoms with van der Waals surface area (Å²) < 4.78 is 11.5. The highest BCUT2D eigenvalue weighted by atomic mass is 79.9. The Bertz CT molecular complexity index is 548. The number of ether oxygens (including phenoxy) is 2. The van der Waals surface area contributed by atoms with Gasteiger partial charge in [0.15, 0.2) is 0 Å². The Balaban J connectivity index is 2.20. The van der Waals surface area contributed by atoms with E-state index in [4.69, 9.17) is 21.1 Å². The van der Waals surface area contributed by atoms with Crippen molar-refractivity contribution in [1.82, 2.24) is 4.98 Å². The second-order valence-corrected chi connectivity index (χ2v) is 4.91. The minimum atomic E-state index is 0.481. The van der Waals surface area contributed by atoms with E-state index in [1.54, 1.807) is 19.4 Å². The summed E-state index contributed by atoms with van der Waals surface area (Å²) in [7, 11) is 1.66. The zero-order chi connectivity index (χ0) is 13.0. The minimum absolute atomic E-state index is 0.481. The summed E-state index contributed by atoms with van der Waals surface area (Å²) in [6, 6.07) is 9.39. The molecule has 0 N–H and O–H groups in total. The molecule has 2 rings (SSSR count). The Labute approximate surface area is 119 Å². The lowest BCUT2D eigenvalue weighted by Gasteiger charge is -2.08. The van der Waals surface area contributed by atoms with E-state index in [2.05, 4.69) is 20.9 Å². The molecule has 0 fully saturated rings. The molecule has 94 valence electrons. The Morgan fingerprint density at radius 1 is 1.33 bits per heavy atom. The molecule has 0 spiro atoms. The minimum Gasteiger partial charge on any atom is -0.438 e. The molecule has 0 aliphatic heterocycles. The van der Waals surface area contributed by atoms with Crippen LogP contribution in [-0.2, 0) is 11.3 Å². The van der Waals surface area contributed by atoms with E-state index in [-0.39, 0.29) is 0 Å². The van der Waals surface area contributed by atoms with Gasteiger partial charge >= 0.3 is 0 Å². The maximum absolute atomic E-state index is 5.82. The fraction of sp³-hybridized carbons (Fsp3) is 0.154. The molecule has 0 saturated heterocycles. The number of nitrogens with zero attached hydrogens (tertiary/aromatic N) is 1. The smallest absolute Gasteiger partial charge is 0.233 e. The topological polar surface area (TPSA) is 31.4 Å². The van der Waals surface area contributed by atoms with Gasteiger partial charge in [-0.15, -0.1) is 0 Å². The molecule has 0 aliphatic carbocycles. The summed E-state index contributed by atoms with van der Waals surface area (Å²) in [5.74, 6) is 1.19. The van der Waals surface area contributed by atoms with E-state index in [0.29, 0.717) is 27.7 Å². The van der Waals surface area contributed by atoms with Crippen molar-refractivity contribution in [3.05, 3.63) is 51.6 Å². The van der Waals surface area contributed by atoms with Crippen LogP contribution in [0.1, 0.15) is 5.56 Å². The van der Waals surface area contributed by atoms with Crippen molar-refractivity contribution in [2.75, 3.05) is 7.11 Å². The van der Waals surface area contributed by atoms with Gasteiger partial charge in [0.05, 0.1) is 16.1 Å². The van der Waals surface area contributed by atoms with Gasteiger partial charge in [-0.3, -0.25) is 0 Å². The van der Waals surface area contributed by atoms with Crippen molar-refractivity contribution in [2.24, 2.45) is 0 Å². The second-order valence-electron chi connectivity index (χ2n) is 3.62. The lowest BCUT2D eigenvalue weighted by molar-refractivity contribution is 0.184. The van der Waals surface area contributed by atoms with E-state index in [0.717, 1.165) is 5.56 Å². The highest BCUT2D eigenvalue weighted by Gasteiger charge is 2.05. The number of hydrogen-bond acceptors (Lipinski definition) is 3. The van der Waals surface area contributed by atoms with E-state index in [1.165, 1.54) is 0 Å². The fourth-order valence-electron chi connectivity index (χ4n) is 1.45. The average Bonchev–Trinajstić information content (AvgIpc) is 2.34. The third-order valence-electron chi connectivity index (χ3n) is 2.20. The highest BCUT2D eigenvalue weighted by molar-refractivity contribution is 9.10. The number of aromatic nitrogens is 1. The van der Waals surface area contributed by atoms with Gasteiger partial charge in [0.2, 0.25) is 5.88 Å². The van der Waals surface area contributed by atoms with E-state index < -0.39 is 0 Å². The molecular weight excluding hydrogens is 318 g/mol. The maximum atomic E-state index is 5.82. The SMILES string of the molecule is COCc1cccc(Oc2ncc(Cl)cc2Br)c1. The lowest BCUT2D eigenvalue weighted by atomic mass is 10.2. The molecule has 1 aromatic carbocycles. The molecule has 0 saturated carbocycles. The van der Waals surface area contributed by atoms with Crippen molar-refractivity contribution >= 4 is 27.5 Å². The standard InChI is InChI=1S/C13H11BrClNO2/c1-17-8-9-3-2-4-11(5-9)18-13-12(14)6-10(15)7-16-13/h2-7H,8H2,1H3. The monoisotopic (exact) mass is 327 g/mol. The molecule has 2 aromatic rings. The highest BCUT2D eigenvalue weighted by Crippen LogP contribution is 2.29. The van der Waals surface area contributed by atoms with Gasteiger partial charge in [-0.1, -0.05) is 23.7 Å². The van der Waals surface area contributed by atoms with E-state index in [1.807, 2.05) is 24.3 Å². The summed E-state index contributed by atoms with van der Waals surface area (Å²) in [6.45, 7) is 0.548. The number of rotatable bonds is 4. The first kappa shape index (κ1) is 13.3. The van der Waals surface area contributed by atoms with Crippen LogP contribution in [-0.4, -0.2) is 12.1 Å². The van der Waals surface area contributed by atoms with Crippen molar-refractivity contribution in [1.29, 1.82) is 0 Å². The molecule has 3 nitrogen and oxygen atoms in total. The number of methoxy groups -OCH3 is 1. The largest absolute Gasteiger partial charge is 0.438 e. The molecule has 5 heteroatoms. The number of hydrogen-bond donors (Lipinski definition) is 0. The second kappa shape index (κ2) is 6.18. The van der Waals surface area contributed by atoms with Crippen LogP contribution >= 0.6 is 27.5 Å². The van der Waals surface area contributed by atoms with Crippen molar-refractivity contribution in [3.63, 3.8) is 0 Å². The molecule has 0 aliphatic rings. The predicted molar refractivity (Wildman–Crippen MR) is 74.2 cm³/mol. The predicted octanol–water partition coefficient (Wildman–Crippen LogP) is 4.44. The van der Waals surface area contributed by atoms with Crippen molar-refractivity contribution < 1.29 is 9.47 Å². The maximum Gasteiger partial charge on any atom is 0.233 e. The Morgan fingerprint density at radius 2 is 2.17 bits per heavy atom. The molecule has 0 amide bonds. The van der Waals surface area contributed by atoms with Crippen LogP contribution in [0.4, 0.5) is 0 Å². The average molecular weight is 329 g/mol. The zero-order valence-electron chi connectivity index (χ0n) is 9.69. The van der Waals surface area contributed by atoms with Gasteiger partial charge in [0.1, 0.15) is 5.75 Å². The number of benzene rings is 1. The Kier molecular flexibility index (Phi) is 4.58. The molecule has 18 heavy (non-hydrogen) atoms. The van der Waals surface area contributed by atoms with Gasteiger partial charge in [-0.25, -0.2) is 4.98 Å². The molecular formula is C13H11BrClNO2. The number of pyridine rings is 1. The van der Waals surface area contributed by atoms with Crippen molar-refractivity contribution in [3.8, 4) is 11.6 Å². The van der Waals surface area contributed by atoms with Crippen LogP contribution in [0, 0.1) is 0 Å². The zero-order valence-corrected chi connectivity index (χ0v) is 12.0. The van der Waals surface area contributed by atoms with Crippen LogP contribution in [0.15, 0.2) is 41.0 Å². The first-order chi connectivity index (χ1) is 8.69. The summed E-state index contributed by atoms with van der Waals surface area (Å²) in [6.07, 6.45) is 1.54. The molecule has 1 aromatic heterocycles. The summed E-state index contributed by atoms with van der Waals surface area (Å²) in [5.41, 5.74) is 1.04. The van der Waals surface area contributed by atoms with Crippen LogP contribution < -0.4 is 4.74 Å². The Hall–Kier alpha value is -1.10. The quantitative estimate of drug-likeness (QED) is 0.831. The van der Waals surface area contributed by atoms with E-state index >= 15 is 0 Å². The summed E-state index contributed by atoms with van der Waals surface area (Å²) >= 11 is 9.18. The number of halogens is 2. The van der Waals surface area contributed by atoms with Crippen molar-refractivity contribution in [2.45, 2.75) is 6.61 Å². The summed E-state index contributed by atoms with van der Waals surface area (Å²) in [5, 5.41) is 0.558. The normalized spacial score (nSPS) is 10.4. The molecule has 0 radical (unpaired) electrons. The van der Waals surface area contributed by atoms with Gasteiger partial charge in [-0.2, -0.15) is 0 Å². The van der Waals surface area contributed by atoms with Gasteiger partial charge < -0.3 is 9.47 Å². The lowest BCUT2D eigenvalue weighted by Crippen LogP contribution is -1.91. The Morgan fingerprint density at radius 3 is 2.89 bits per heavy atom. The van der Waals surface area contributed by atoms with Gasteiger partial charge in [-0.05, 0) is 39.7 Å². The van der Waals surface area contributed by atoms with Crippen LogP contribution in [0.2, 0.25) is 5.02 Å². The summed E-state index contributed by atoms with van der Waals surface area (Å²) in [4.78, 5) is 4.12.